The second kappa shape index (κ2) is 8.52. The average molecular weight is 462 g/mol. The molecule has 0 spiro atoms. The molecule has 2 aromatic heterocycles. The van der Waals surface area contributed by atoms with Crippen molar-refractivity contribution in [1.82, 2.24) is 14.9 Å². The lowest BCUT2D eigenvalue weighted by atomic mass is 9.99. The molecule has 32 heavy (non-hydrogen) atoms. The van der Waals surface area contributed by atoms with Gasteiger partial charge in [-0.3, -0.25) is 4.79 Å². The third-order valence-corrected chi connectivity index (χ3v) is 5.75. The highest BCUT2D eigenvalue weighted by Gasteiger charge is 2.25. The number of rotatable bonds is 3. The van der Waals surface area contributed by atoms with E-state index in [0.29, 0.717) is 17.7 Å². The molecule has 0 fully saturated rings. The molecule has 1 aliphatic carbocycles. The van der Waals surface area contributed by atoms with E-state index in [-0.39, 0.29) is 17.9 Å². The van der Waals surface area contributed by atoms with Gasteiger partial charge in [0.1, 0.15) is 0 Å². The van der Waals surface area contributed by atoms with Gasteiger partial charge in [-0.05, 0) is 63.8 Å². The number of aromatic amines is 1. The summed E-state index contributed by atoms with van der Waals surface area (Å²) in [6, 6.07) is 6.29. The van der Waals surface area contributed by atoms with E-state index >= 15 is 0 Å². The van der Waals surface area contributed by atoms with Gasteiger partial charge in [-0.15, -0.1) is 12.4 Å². The predicted molar refractivity (Wildman–Crippen MR) is 125 cm³/mol. The molecule has 0 unspecified atom stereocenters. The SMILES string of the molecule is Cl.Cn1c(CNC(C)(C)C)cc2cc3c(cc21)CCCc1c-3[nH]c(=O)c(OC(=O)O)c1O. The highest BCUT2D eigenvalue weighted by atomic mass is 35.5. The molecule has 172 valence electrons. The van der Waals surface area contributed by atoms with E-state index < -0.39 is 23.2 Å². The van der Waals surface area contributed by atoms with E-state index in [2.05, 4.69) is 52.5 Å². The maximum absolute atomic E-state index is 12.5. The second-order valence-electron chi connectivity index (χ2n) is 9.07. The zero-order valence-electron chi connectivity index (χ0n) is 18.5. The molecule has 0 bridgehead atoms. The van der Waals surface area contributed by atoms with Gasteiger partial charge in [0.25, 0.3) is 5.56 Å². The molecule has 0 saturated heterocycles. The Kier molecular flexibility index (Phi) is 6.31. The number of ether oxygens (including phenoxy) is 1. The third kappa shape index (κ3) is 4.33. The van der Waals surface area contributed by atoms with Crippen LogP contribution in [0.4, 0.5) is 4.79 Å². The van der Waals surface area contributed by atoms with Crippen LogP contribution in [-0.4, -0.2) is 31.5 Å². The highest BCUT2D eigenvalue weighted by Crippen LogP contribution is 2.40. The summed E-state index contributed by atoms with van der Waals surface area (Å²) in [5, 5.41) is 24.0. The van der Waals surface area contributed by atoms with Crippen LogP contribution in [0.5, 0.6) is 11.5 Å². The number of nitrogens with one attached hydrogen (secondary N) is 2. The van der Waals surface area contributed by atoms with Gasteiger partial charge in [-0.25, -0.2) is 4.79 Å². The van der Waals surface area contributed by atoms with E-state index in [4.69, 9.17) is 5.11 Å². The minimum absolute atomic E-state index is 0. The van der Waals surface area contributed by atoms with Crippen LogP contribution in [0.15, 0.2) is 23.0 Å². The molecule has 1 aliphatic rings. The van der Waals surface area contributed by atoms with Gasteiger partial charge in [0.2, 0.25) is 5.75 Å². The van der Waals surface area contributed by atoms with Crippen LogP contribution in [0.1, 0.15) is 44.0 Å². The van der Waals surface area contributed by atoms with E-state index in [1.165, 1.54) is 0 Å². The molecule has 0 amide bonds. The number of carboxylic acid groups (broad SMARTS) is 1. The van der Waals surface area contributed by atoms with E-state index in [9.17, 15) is 14.7 Å². The first-order valence-electron chi connectivity index (χ1n) is 10.3. The lowest BCUT2D eigenvalue weighted by Gasteiger charge is -2.20. The quantitative estimate of drug-likeness (QED) is 0.436. The van der Waals surface area contributed by atoms with Crippen molar-refractivity contribution in [3.63, 3.8) is 0 Å². The first-order chi connectivity index (χ1) is 14.5. The van der Waals surface area contributed by atoms with Crippen LogP contribution in [0.2, 0.25) is 0 Å². The van der Waals surface area contributed by atoms with E-state index in [0.717, 1.165) is 47.1 Å². The number of carbonyl (C=O) groups is 1. The number of H-pyrrole nitrogens is 1. The van der Waals surface area contributed by atoms with Gasteiger partial charge in [-0.1, -0.05) is 0 Å². The summed E-state index contributed by atoms with van der Waals surface area (Å²) in [5.74, 6) is -0.983. The Morgan fingerprint density at radius 3 is 2.62 bits per heavy atom. The van der Waals surface area contributed by atoms with Crippen LogP contribution >= 0.6 is 12.4 Å². The van der Waals surface area contributed by atoms with Crippen LogP contribution < -0.4 is 15.6 Å². The van der Waals surface area contributed by atoms with E-state index in [1.807, 2.05) is 13.1 Å². The van der Waals surface area contributed by atoms with Gasteiger partial charge in [0, 0.05) is 46.9 Å². The average Bonchev–Trinajstić information content (AvgIpc) is 2.87. The minimum atomic E-state index is -1.64. The van der Waals surface area contributed by atoms with Crippen LogP contribution in [0, 0.1) is 0 Å². The Bertz CT molecular complexity index is 1250. The number of benzene rings is 1. The summed E-state index contributed by atoms with van der Waals surface area (Å²) in [6.45, 7) is 7.10. The Labute approximate surface area is 191 Å². The van der Waals surface area contributed by atoms with Gasteiger partial charge in [0.15, 0.2) is 5.75 Å². The Balaban J connectivity index is 0.00000289. The molecule has 0 atom stereocenters. The summed E-state index contributed by atoms with van der Waals surface area (Å²) < 4.78 is 6.70. The number of aromatic nitrogens is 2. The maximum Gasteiger partial charge on any atom is 0.511 e. The zero-order chi connectivity index (χ0) is 22.5. The van der Waals surface area contributed by atoms with Crippen molar-refractivity contribution in [3.8, 4) is 22.8 Å². The van der Waals surface area contributed by atoms with Crippen LogP contribution in [-0.2, 0) is 26.4 Å². The first kappa shape index (κ1) is 23.7. The van der Waals surface area contributed by atoms with Crippen molar-refractivity contribution < 1.29 is 19.7 Å². The van der Waals surface area contributed by atoms with Crippen molar-refractivity contribution in [2.45, 2.75) is 52.1 Å². The number of aromatic hydroxyl groups is 1. The standard InChI is InChI=1S/C23H27N3O5.ClH/c1-23(2,3)24-11-14-8-13-9-16-12(10-17(13)26(14)4)6-5-7-15-18(16)25-21(28)20(19(15)27)31-22(29)30;/h8-10,24H,5-7,11H2,1-4H3,(H,29,30)(H2,25,27,28);1H. The lowest BCUT2D eigenvalue weighted by Crippen LogP contribution is -2.35. The molecular weight excluding hydrogens is 434 g/mol. The number of pyridine rings is 1. The maximum atomic E-state index is 12.5. The summed E-state index contributed by atoms with van der Waals surface area (Å²) in [5.41, 5.74) is 4.42. The fourth-order valence-electron chi connectivity index (χ4n) is 4.17. The smallest absolute Gasteiger partial charge is 0.504 e. The Morgan fingerprint density at radius 2 is 1.97 bits per heavy atom. The molecule has 1 aromatic carbocycles. The van der Waals surface area contributed by atoms with Gasteiger partial charge in [0.05, 0.1) is 5.69 Å². The van der Waals surface area contributed by atoms with Crippen molar-refractivity contribution in [2.75, 3.05) is 0 Å². The molecule has 3 aromatic rings. The third-order valence-electron chi connectivity index (χ3n) is 5.75. The Morgan fingerprint density at radius 1 is 1.25 bits per heavy atom. The molecule has 2 heterocycles. The first-order valence-corrected chi connectivity index (χ1v) is 10.3. The van der Waals surface area contributed by atoms with Crippen molar-refractivity contribution in [2.24, 2.45) is 7.05 Å². The summed E-state index contributed by atoms with van der Waals surface area (Å²) in [6.07, 6.45) is 0.384. The molecule has 4 N–H and O–H groups in total. The predicted octanol–water partition coefficient (Wildman–Crippen LogP) is 4.09. The van der Waals surface area contributed by atoms with Crippen molar-refractivity contribution in [3.05, 3.63) is 45.4 Å². The normalized spacial score (nSPS) is 13.1. The zero-order valence-corrected chi connectivity index (χ0v) is 19.4. The van der Waals surface area contributed by atoms with Crippen LogP contribution in [0.3, 0.4) is 0 Å². The van der Waals surface area contributed by atoms with Crippen molar-refractivity contribution >= 4 is 29.5 Å². The monoisotopic (exact) mass is 461 g/mol. The molecular formula is C23H28ClN3O5. The molecule has 9 heteroatoms. The van der Waals surface area contributed by atoms with Gasteiger partial charge >= 0.3 is 6.16 Å². The number of fused-ring (bicyclic) bond motifs is 4. The van der Waals surface area contributed by atoms with Crippen molar-refractivity contribution in [1.29, 1.82) is 0 Å². The summed E-state index contributed by atoms with van der Waals surface area (Å²) in [4.78, 5) is 26.1. The summed E-state index contributed by atoms with van der Waals surface area (Å²) in [7, 11) is 2.04. The fourth-order valence-corrected chi connectivity index (χ4v) is 4.17. The summed E-state index contributed by atoms with van der Waals surface area (Å²) >= 11 is 0. The minimum Gasteiger partial charge on any atom is -0.504 e. The second-order valence-corrected chi connectivity index (χ2v) is 9.07. The number of halogens is 1. The molecule has 0 aliphatic heterocycles. The number of hydrogen-bond donors (Lipinski definition) is 4. The lowest BCUT2D eigenvalue weighted by molar-refractivity contribution is 0.142. The van der Waals surface area contributed by atoms with Crippen LogP contribution in [0.25, 0.3) is 22.2 Å². The molecule has 0 saturated carbocycles. The largest absolute Gasteiger partial charge is 0.511 e. The topological polar surface area (TPSA) is 117 Å². The molecule has 0 radical (unpaired) electrons. The highest BCUT2D eigenvalue weighted by molar-refractivity contribution is 5.89. The number of aryl methyl sites for hydroxylation is 2. The fraction of sp³-hybridized carbons (Fsp3) is 0.391. The number of hydrogen-bond acceptors (Lipinski definition) is 5. The Hall–Kier alpha value is -2.97. The van der Waals surface area contributed by atoms with E-state index in [1.54, 1.807) is 0 Å². The van der Waals surface area contributed by atoms with Gasteiger partial charge in [-0.2, -0.15) is 0 Å². The van der Waals surface area contributed by atoms with Gasteiger partial charge < -0.3 is 29.8 Å². The number of nitrogens with zero attached hydrogens (tertiary/aromatic N) is 1. The molecule has 4 rings (SSSR count). The molecule has 8 nitrogen and oxygen atoms in total.